The molecule has 1 aromatic carbocycles. The summed E-state index contributed by atoms with van der Waals surface area (Å²) in [5, 5.41) is 9.15. The molecule has 1 atom stereocenters. The predicted molar refractivity (Wildman–Crippen MR) is 92.4 cm³/mol. The predicted octanol–water partition coefficient (Wildman–Crippen LogP) is 3.61. The molecule has 0 aliphatic carbocycles. The molecule has 0 bridgehead atoms. The topological polar surface area (TPSA) is 62.7 Å². The first kappa shape index (κ1) is 16.5. The number of hydrogen-bond acceptors (Lipinski definition) is 4. The van der Waals surface area contributed by atoms with Gasteiger partial charge in [0.25, 0.3) is 0 Å². The van der Waals surface area contributed by atoms with Crippen LogP contribution in [0.5, 0.6) is 5.75 Å². The van der Waals surface area contributed by atoms with E-state index in [0.29, 0.717) is 17.5 Å². The normalized spacial score (nSPS) is 16.1. The van der Waals surface area contributed by atoms with Crippen LogP contribution in [0.4, 0.5) is 0 Å². The van der Waals surface area contributed by atoms with Crippen LogP contribution in [0.25, 0.3) is 11.3 Å². The zero-order chi connectivity index (χ0) is 17.1. The number of rotatable bonds is 5. The number of carboxylic acids is 1. The lowest BCUT2D eigenvalue weighted by atomic mass is 10.0. The Morgan fingerprint density at radius 3 is 2.42 bits per heavy atom. The number of carboxylic acid groups (broad SMARTS) is 1. The van der Waals surface area contributed by atoms with Crippen LogP contribution in [0.15, 0.2) is 36.4 Å². The Balaban J connectivity index is 1.90. The van der Waals surface area contributed by atoms with Gasteiger partial charge in [-0.05, 0) is 50.6 Å². The maximum atomic E-state index is 11.2. The van der Waals surface area contributed by atoms with E-state index in [1.807, 2.05) is 12.1 Å². The zero-order valence-corrected chi connectivity index (χ0v) is 14.0. The van der Waals surface area contributed by atoms with E-state index in [4.69, 9.17) is 9.84 Å². The van der Waals surface area contributed by atoms with Crippen LogP contribution in [0.1, 0.15) is 41.9 Å². The van der Waals surface area contributed by atoms with E-state index < -0.39 is 5.97 Å². The minimum atomic E-state index is -1.04. The molecule has 24 heavy (non-hydrogen) atoms. The van der Waals surface area contributed by atoms with Crippen molar-refractivity contribution in [2.75, 3.05) is 20.2 Å². The maximum Gasteiger partial charge on any atom is 0.354 e. The molecule has 0 spiro atoms. The van der Waals surface area contributed by atoms with Crippen molar-refractivity contribution >= 4 is 5.97 Å². The van der Waals surface area contributed by atoms with Crippen LogP contribution in [-0.4, -0.2) is 41.2 Å². The molecule has 2 aromatic rings. The third-order valence-electron chi connectivity index (χ3n) is 4.65. The molecule has 1 aliphatic rings. The Labute approximate surface area is 141 Å². The monoisotopic (exact) mass is 326 g/mol. The minimum absolute atomic E-state index is 0.0142. The molecule has 0 amide bonds. The molecule has 5 heteroatoms. The summed E-state index contributed by atoms with van der Waals surface area (Å²) >= 11 is 0. The van der Waals surface area contributed by atoms with E-state index >= 15 is 0 Å². The average Bonchev–Trinajstić information content (AvgIpc) is 3.15. The number of hydrogen-bond donors (Lipinski definition) is 1. The maximum absolute atomic E-state index is 11.2. The smallest absolute Gasteiger partial charge is 0.354 e. The fourth-order valence-electron chi connectivity index (χ4n) is 3.20. The highest BCUT2D eigenvalue weighted by molar-refractivity contribution is 5.86. The van der Waals surface area contributed by atoms with Crippen LogP contribution in [-0.2, 0) is 0 Å². The number of ether oxygens (including phenoxy) is 1. The third kappa shape index (κ3) is 3.26. The molecule has 1 fully saturated rings. The fourth-order valence-corrected chi connectivity index (χ4v) is 3.20. The third-order valence-corrected chi connectivity index (χ3v) is 4.65. The Morgan fingerprint density at radius 1 is 1.17 bits per heavy atom. The van der Waals surface area contributed by atoms with E-state index in [-0.39, 0.29) is 5.69 Å². The molecule has 0 saturated carbocycles. The van der Waals surface area contributed by atoms with Gasteiger partial charge in [0.1, 0.15) is 17.1 Å². The van der Waals surface area contributed by atoms with Gasteiger partial charge in [-0.15, -0.1) is 0 Å². The molecule has 5 nitrogen and oxygen atoms in total. The van der Waals surface area contributed by atoms with Crippen molar-refractivity contribution in [2.24, 2.45) is 0 Å². The second-order valence-corrected chi connectivity index (χ2v) is 6.09. The lowest BCUT2D eigenvalue weighted by Crippen LogP contribution is -2.23. The molecule has 0 radical (unpaired) electrons. The van der Waals surface area contributed by atoms with Crippen LogP contribution in [0.3, 0.4) is 0 Å². The van der Waals surface area contributed by atoms with Gasteiger partial charge in [-0.1, -0.05) is 24.3 Å². The molecule has 1 saturated heterocycles. The lowest BCUT2D eigenvalue weighted by Gasteiger charge is -2.24. The fraction of sp³-hybridized carbons (Fsp3) is 0.368. The molecule has 2 heterocycles. The molecule has 1 aliphatic heterocycles. The van der Waals surface area contributed by atoms with E-state index in [0.717, 1.165) is 18.7 Å². The summed E-state index contributed by atoms with van der Waals surface area (Å²) in [5.74, 6) is -0.474. The van der Waals surface area contributed by atoms with Gasteiger partial charge in [0, 0.05) is 11.6 Å². The van der Waals surface area contributed by atoms with E-state index in [2.05, 4.69) is 28.9 Å². The summed E-state index contributed by atoms with van der Waals surface area (Å²) in [5.41, 5.74) is 2.68. The van der Waals surface area contributed by atoms with Crippen molar-refractivity contribution in [1.29, 1.82) is 0 Å². The number of aromatic carboxylic acids is 1. The molecule has 126 valence electrons. The summed E-state index contributed by atoms with van der Waals surface area (Å²) in [4.78, 5) is 17.9. The second-order valence-electron chi connectivity index (χ2n) is 6.09. The number of benzene rings is 1. The van der Waals surface area contributed by atoms with Gasteiger partial charge in [-0.2, -0.15) is 0 Å². The van der Waals surface area contributed by atoms with Crippen LogP contribution in [0.2, 0.25) is 0 Å². The summed E-state index contributed by atoms with van der Waals surface area (Å²) in [6.07, 6.45) is 2.54. The van der Waals surface area contributed by atoms with Crippen LogP contribution < -0.4 is 4.74 Å². The minimum Gasteiger partial charge on any atom is -0.494 e. The van der Waals surface area contributed by atoms with Crippen molar-refractivity contribution in [3.63, 3.8) is 0 Å². The number of carbonyl (C=O) groups is 1. The molecular formula is C19H22N2O3. The van der Waals surface area contributed by atoms with Gasteiger partial charge >= 0.3 is 5.97 Å². The first-order valence-corrected chi connectivity index (χ1v) is 8.23. The van der Waals surface area contributed by atoms with Crippen molar-refractivity contribution < 1.29 is 14.6 Å². The van der Waals surface area contributed by atoms with E-state index in [9.17, 15) is 4.79 Å². The highest BCUT2D eigenvalue weighted by atomic mass is 16.5. The summed E-state index contributed by atoms with van der Waals surface area (Å²) < 4.78 is 5.33. The van der Waals surface area contributed by atoms with Gasteiger partial charge in [-0.3, -0.25) is 4.90 Å². The zero-order valence-electron chi connectivity index (χ0n) is 14.0. The summed E-state index contributed by atoms with van der Waals surface area (Å²) in [6.45, 7) is 4.53. The SMILES string of the molecule is COc1ccc(C(=O)O)nc1-c1ccc([C@@H](C)N2CCCC2)cc1. The Morgan fingerprint density at radius 2 is 1.83 bits per heavy atom. The van der Waals surface area contributed by atoms with Crippen molar-refractivity contribution in [3.8, 4) is 17.0 Å². The number of aromatic nitrogens is 1. The molecule has 0 unspecified atom stereocenters. The van der Waals surface area contributed by atoms with Gasteiger partial charge in [0.2, 0.25) is 0 Å². The Kier molecular flexibility index (Phi) is 4.81. The summed E-state index contributed by atoms with van der Waals surface area (Å²) in [6, 6.07) is 11.6. The molecule has 1 N–H and O–H groups in total. The number of nitrogens with zero attached hydrogens (tertiary/aromatic N) is 2. The van der Waals surface area contributed by atoms with E-state index in [1.165, 1.54) is 24.5 Å². The Hall–Kier alpha value is -2.40. The number of pyridine rings is 1. The molecule has 3 rings (SSSR count). The van der Waals surface area contributed by atoms with Gasteiger partial charge in [-0.25, -0.2) is 9.78 Å². The molecule has 1 aromatic heterocycles. The van der Waals surface area contributed by atoms with Crippen LogP contribution in [0, 0.1) is 0 Å². The summed E-state index contributed by atoms with van der Waals surface area (Å²) in [7, 11) is 1.56. The number of methoxy groups -OCH3 is 1. The van der Waals surface area contributed by atoms with Crippen molar-refractivity contribution in [1.82, 2.24) is 9.88 Å². The standard InChI is InChI=1S/C19H22N2O3/c1-13(21-11-3-4-12-21)14-5-7-15(8-6-14)18-17(24-2)10-9-16(20-18)19(22)23/h5-10,13H,3-4,11-12H2,1-2H3,(H,22,23)/t13-/m1/s1. The van der Waals surface area contributed by atoms with Gasteiger partial charge in [0.15, 0.2) is 0 Å². The second kappa shape index (κ2) is 7.01. The quantitative estimate of drug-likeness (QED) is 0.909. The highest BCUT2D eigenvalue weighted by Crippen LogP contribution is 2.31. The largest absolute Gasteiger partial charge is 0.494 e. The van der Waals surface area contributed by atoms with Gasteiger partial charge in [0.05, 0.1) is 7.11 Å². The first-order chi connectivity index (χ1) is 11.6. The Bertz CT molecular complexity index is 722. The lowest BCUT2D eigenvalue weighted by molar-refractivity contribution is 0.0690. The van der Waals surface area contributed by atoms with E-state index in [1.54, 1.807) is 13.2 Å². The van der Waals surface area contributed by atoms with Crippen molar-refractivity contribution in [2.45, 2.75) is 25.8 Å². The number of likely N-dealkylation sites (tertiary alicyclic amines) is 1. The highest BCUT2D eigenvalue weighted by Gasteiger charge is 2.19. The van der Waals surface area contributed by atoms with Crippen LogP contribution >= 0.6 is 0 Å². The van der Waals surface area contributed by atoms with Gasteiger partial charge < -0.3 is 9.84 Å². The molecular weight excluding hydrogens is 304 g/mol. The van der Waals surface area contributed by atoms with Crippen molar-refractivity contribution in [3.05, 3.63) is 47.7 Å². The first-order valence-electron chi connectivity index (χ1n) is 8.23. The average molecular weight is 326 g/mol.